The van der Waals surface area contributed by atoms with Gasteiger partial charge in [-0.15, -0.1) is 11.8 Å². The highest BCUT2D eigenvalue weighted by Crippen LogP contribution is 2.39. The third kappa shape index (κ3) is 6.05. The average Bonchev–Trinajstić information content (AvgIpc) is 3.79. The van der Waals surface area contributed by atoms with Gasteiger partial charge in [-0.3, -0.25) is 4.79 Å². The molecule has 0 bridgehead atoms. The van der Waals surface area contributed by atoms with E-state index < -0.39 is 0 Å². The van der Waals surface area contributed by atoms with Gasteiger partial charge in [0.15, 0.2) is 0 Å². The Morgan fingerprint density at radius 3 is 2.25 bits per heavy atom. The Balaban J connectivity index is 1.35. The van der Waals surface area contributed by atoms with Crippen molar-refractivity contribution in [2.45, 2.75) is 58.2 Å². The largest absolute Gasteiger partial charge is 0.488 e. The highest BCUT2D eigenvalue weighted by molar-refractivity contribution is 7.98. The lowest BCUT2D eigenvalue weighted by atomic mass is 10.0. The highest BCUT2D eigenvalue weighted by atomic mass is 32.2. The molecule has 0 spiro atoms. The van der Waals surface area contributed by atoms with Crippen LogP contribution in [0, 0.1) is 20.8 Å². The van der Waals surface area contributed by atoms with Crippen molar-refractivity contribution in [1.29, 1.82) is 0 Å². The van der Waals surface area contributed by atoms with Gasteiger partial charge < -0.3 is 14.2 Å². The smallest absolute Gasteiger partial charge is 0.257 e. The fourth-order valence-corrected chi connectivity index (χ4v) is 5.95. The van der Waals surface area contributed by atoms with Crippen molar-refractivity contribution < 1.29 is 4.74 Å². The van der Waals surface area contributed by atoms with Gasteiger partial charge in [0.1, 0.15) is 12.4 Å². The van der Waals surface area contributed by atoms with Crippen LogP contribution in [-0.4, -0.2) is 22.8 Å². The van der Waals surface area contributed by atoms with Crippen molar-refractivity contribution in [2.75, 3.05) is 13.3 Å². The molecular weight excluding hydrogens is 512 g/mol. The fourth-order valence-electron chi connectivity index (χ4n) is 5.34. The number of aromatic nitrogens is 1. The summed E-state index contributed by atoms with van der Waals surface area (Å²) in [6.07, 6.45) is 4.41. The number of allylic oxidation sites excluding steroid dienone is 1. The molecule has 0 N–H and O–H groups in total. The number of nitrogens with zero attached hydrogens (tertiary/aromatic N) is 2. The summed E-state index contributed by atoms with van der Waals surface area (Å²) in [4.78, 5) is 17.0. The lowest BCUT2D eigenvalue weighted by molar-refractivity contribution is 0.299. The lowest BCUT2D eigenvalue weighted by Crippen LogP contribution is -2.26. The molecule has 0 aliphatic heterocycles. The molecule has 4 aromatic rings. The van der Waals surface area contributed by atoms with Gasteiger partial charge in [0.25, 0.3) is 5.56 Å². The number of rotatable bonds is 10. The maximum Gasteiger partial charge on any atom is 0.257 e. The molecule has 4 nitrogen and oxygen atoms in total. The van der Waals surface area contributed by atoms with Gasteiger partial charge in [0.2, 0.25) is 0 Å². The zero-order valence-corrected chi connectivity index (χ0v) is 25.0. The van der Waals surface area contributed by atoms with Crippen molar-refractivity contribution >= 4 is 17.5 Å². The molecule has 1 heterocycles. The van der Waals surface area contributed by atoms with Gasteiger partial charge in [0.05, 0.1) is 12.1 Å². The van der Waals surface area contributed by atoms with Crippen molar-refractivity contribution in [1.82, 2.24) is 9.47 Å². The van der Waals surface area contributed by atoms with Crippen LogP contribution in [0.3, 0.4) is 0 Å². The Kier molecular flexibility index (Phi) is 8.51. The molecule has 3 aromatic carbocycles. The first-order valence-corrected chi connectivity index (χ1v) is 15.1. The lowest BCUT2D eigenvalue weighted by Gasteiger charge is -2.26. The van der Waals surface area contributed by atoms with E-state index in [0.29, 0.717) is 24.5 Å². The molecule has 0 atom stereocenters. The van der Waals surface area contributed by atoms with E-state index in [0.717, 1.165) is 23.4 Å². The summed E-state index contributed by atoms with van der Waals surface area (Å²) in [5.41, 5.74) is 10.6. The Labute approximate surface area is 242 Å². The Morgan fingerprint density at radius 2 is 1.55 bits per heavy atom. The van der Waals surface area contributed by atoms with Crippen LogP contribution in [-0.2, 0) is 19.7 Å². The second kappa shape index (κ2) is 12.2. The van der Waals surface area contributed by atoms with Crippen molar-refractivity contribution in [3.8, 4) is 5.75 Å². The third-order valence-electron chi connectivity index (χ3n) is 7.75. The van der Waals surface area contributed by atoms with E-state index in [1.165, 1.54) is 45.7 Å². The molecule has 1 saturated carbocycles. The van der Waals surface area contributed by atoms with Gasteiger partial charge in [-0.05, 0) is 79.8 Å². The summed E-state index contributed by atoms with van der Waals surface area (Å²) in [5, 5.41) is 0. The minimum Gasteiger partial charge on any atom is -0.488 e. The minimum atomic E-state index is -0.00199. The third-order valence-corrected chi connectivity index (χ3v) is 8.59. The fraction of sp³-hybridized carbons (Fsp3) is 0.286. The number of benzene rings is 3. The first kappa shape index (κ1) is 27.9. The van der Waals surface area contributed by atoms with Gasteiger partial charge in [-0.2, -0.15) is 0 Å². The summed E-state index contributed by atoms with van der Waals surface area (Å²) in [5.74, 6) is 0.653. The topological polar surface area (TPSA) is 34.5 Å². The first-order valence-electron chi connectivity index (χ1n) is 13.9. The van der Waals surface area contributed by atoms with Crippen LogP contribution in [0.15, 0.2) is 94.1 Å². The number of thioether (sulfide) groups is 1. The zero-order chi connectivity index (χ0) is 28.2. The summed E-state index contributed by atoms with van der Waals surface area (Å²) in [6.45, 7) is 7.80. The van der Waals surface area contributed by atoms with Crippen LogP contribution < -0.4 is 10.3 Å². The van der Waals surface area contributed by atoms with Crippen LogP contribution in [0.4, 0.5) is 0 Å². The van der Waals surface area contributed by atoms with E-state index in [9.17, 15) is 4.79 Å². The van der Waals surface area contributed by atoms with Gasteiger partial charge in [-0.25, -0.2) is 0 Å². The van der Waals surface area contributed by atoms with E-state index in [1.54, 1.807) is 11.8 Å². The predicted molar refractivity (Wildman–Crippen MR) is 167 cm³/mol. The normalized spacial score (nSPS) is 12.4. The van der Waals surface area contributed by atoms with E-state index in [-0.39, 0.29) is 5.56 Å². The molecule has 1 fully saturated rings. The van der Waals surface area contributed by atoms with Gasteiger partial charge >= 0.3 is 0 Å². The second-order valence-electron chi connectivity index (χ2n) is 10.7. The summed E-state index contributed by atoms with van der Waals surface area (Å²) < 4.78 is 8.18. The molecule has 5 rings (SSSR count). The first-order chi connectivity index (χ1) is 19.4. The summed E-state index contributed by atoms with van der Waals surface area (Å²) in [6, 6.07) is 27.4. The monoisotopic (exact) mass is 550 g/mol. The molecule has 1 aliphatic rings. The molecule has 0 unspecified atom stereocenters. The number of hydrogen-bond acceptors (Lipinski definition) is 4. The van der Waals surface area contributed by atoms with Crippen LogP contribution in [0.1, 0.15) is 51.9 Å². The van der Waals surface area contributed by atoms with E-state index in [2.05, 4.69) is 85.8 Å². The van der Waals surface area contributed by atoms with Crippen molar-refractivity contribution in [3.05, 3.63) is 134 Å². The summed E-state index contributed by atoms with van der Waals surface area (Å²) >= 11 is 1.70. The van der Waals surface area contributed by atoms with E-state index in [4.69, 9.17) is 4.74 Å². The molecule has 1 aromatic heterocycles. The molecule has 0 saturated heterocycles. The number of aryl methyl sites for hydroxylation is 2. The number of ether oxygens (including phenoxy) is 1. The second-order valence-corrected chi connectivity index (χ2v) is 11.5. The van der Waals surface area contributed by atoms with Crippen molar-refractivity contribution in [2.24, 2.45) is 0 Å². The Morgan fingerprint density at radius 1 is 0.900 bits per heavy atom. The Hall–Kier alpha value is -3.70. The maximum absolute atomic E-state index is 13.4. The summed E-state index contributed by atoms with van der Waals surface area (Å²) in [7, 11) is 2.19. The van der Waals surface area contributed by atoms with Crippen molar-refractivity contribution in [3.63, 3.8) is 0 Å². The molecule has 40 heavy (non-hydrogen) atoms. The number of hydrogen-bond donors (Lipinski definition) is 0. The molecule has 206 valence electrons. The average molecular weight is 551 g/mol. The SMILES string of the molecule is CSc1ccccc1Cn1c(C)cc(OCc2ccccc2CN(C)C(=C2CC2)c2ccccc2C)c(C)c1=O. The molecule has 0 amide bonds. The standard InChI is InChI=1S/C35H38N2O2S/c1-24-12-6-10-16-31(24)34(27-18-19-27)36(4)21-28-13-7-8-15-30(28)23-39-32-20-25(2)37(35(38)26(32)3)22-29-14-9-11-17-33(29)40-5/h6-17,20H,18-19,21-23H2,1-5H3. The van der Waals surface area contributed by atoms with E-state index in [1.807, 2.05) is 36.6 Å². The van der Waals surface area contributed by atoms with Crippen LogP contribution in [0.25, 0.3) is 5.70 Å². The molecule has 1 aliphatic carbocycles. The highest BCUT2D eigenvalue weighted by Gasteiger charge is 2.23. The quantitative estimate of drug-likeness (QED) is 0.189. The minimum absolute atomic E-state index is 0.00199. The van der Waals surface area contributed by atoms with Crippen LogP contribution in [0.2, 0.25) is 0 Å². The predicted octanol–water partition coefficient (Wildman–Crippen LogP) is 7.76. The Bertz CT molecular complexity index is 1610. The van der Waals surface area contributed by atoms with Crippen LogP contribution in [0.5, 0.6) is 5.75 Å². The zero-order valence-electron chi connectivity index (χ0n) is 24.2. The molecule has 0 radical (unpaired) electrons. The van der Waals surface area contributed by atoms with E-state index >= 15 is 0 Å². The molecule has 5 heteroatoms. The van der Waals surface area contributed by atoms with Crippen LogP contribution >= 0.6 is 11.8 Å². The molecular formula is C35H38N2O2S. The van der Waals surface area contributed by atoms with Gasteiger partial charge in [-0.1, -0.05) is 66.7 Å². The maximum atomic E-state index is 13.4. The number of pyridine rings is 1. The van der Waals surface area contributed by atoms with Gasteiger partial charge in [0, 0.05) is 35.4 Å².